The molecule has 0 saturated heterocycles. The number of rotatable bonds is 5. The Morgan fingerprint density at radius 2 is 1.35 bits per heavy atom. The predicted molar refractivity (Wildman–Crippen MR) is 130 cm³/mol. The number of hydrogen-bond acceptors (Lipinski definition) is 2. The molecule has 1 nitrogen and oxygen atoms in total. The van der Waals surface area contributed by atoms with Gasteiger partial charge in [0.15, 0.2) is 0 Å². The molecule has 0 saturated carbocycles. The summed E-state index contributed by atoms with van der Waals surface area (Å²) in [5, 5.41) is 2.18. The topological polar surface area (TPSA) is 12.4 Å². The number of thiocarbonyl (C=S) groups is 1. The molecular weight excluding hydrogens is 401 g/mol. The van der Waals surface area contributed by atoms with E-state index in [0.29, 0.717) is 0 Å². The molecular formula is C28H22FNS. The van der Waals surface area contributed by atoms with Crippen molar-refractivity contribution in [2.45, 2.75) is 32.6 Å². The Labute approximate surface area is 189 Å². The van der Waals surface area contributed by atoms with Gasteiger partial charge in [-0.1, -0.05) is 61.6 Å². The standard InChI is InChI=1S/C28H22FNS/c1-2-3-4-5-6-7-22-8-10-23(11-9-22)12-13-24-14-16-25(17-15-24)26-18-19-28(30-21-31)27(29)20-26/h8-11,14-20H,2-5H2,1H3. The molecule has 0 aliphatic carbocycles. The monoisotopic (exact) mass is 423 g/mol. The Morgan fingerprint density at radius 3 is 1.94 bits per heavy atom. The van der Waals surface area contributed by atoms with E-state index in [4.69, 9.17) is 0 Å². The summed E-state index contributed by atoms with van der Waals surface area (Å²) in [6, 6.07) is 20.6. The van der Waals surface area contributed by atoms with Gasteiger partial charge in [0, 0.05) is 23.1 Å². The van der Waals surface area contributed by atoms with Gasteiger partial charge in [0.05, 0.1) is 5.16 Å². The zero-order valence-electron chi connectivity index (χ0n) is 17.4. The first-order valence-corrected chi connectivity index (χ1v) is 10.7. The van der Waals surface area contributed by atoms with E-state index in [0.717, 1.165) is 40.7 Å². The molecule has 0 aliphatic rings. The van der Waals surface area contributed by atoms with Crippen molar-refractivity contribution in [2.75, 3.05) is 0 Å². The summed E-state index contributed by atoms with van der Waals surface area (Å²) in [6.07, 6.45) is 4.56. The van der Waals surface area contributed by atoms with Crippen LogP contribution in [-0.4, -0.2) is 5.16 Å². The van der Waals surface area contributed by atoms with Gasteiger partial charge in [-0.3, -0.25) is 0 Å². The molecule has 3 aromatic rings. The highest BCUT2D eigenvalue weighted by atomic mass is 32.1. The third-order valence-electron chi connectivity index (χ3n) is 4.71. The second-order valence-corrected chi connectivity index (χ2v) is 7.22. The van der Waals surface area contributed by atoms with Crippen LogP contribution in [0, 0.1) is 29.5 Å². The van der Waals surface area contributed by atoms with E-state index in [9.17, 15) is 4.39 Å². The van der Waals surface area contributed by atoms with Crippen LogP contribution in [0.15, 0.2) is 71.7 Å². The molecule has 0 aromatic heterocycles. The maximum absolute atomic E-state index is 14.0. The SMILES string of the molecule is CCCCCC#Cc1ccc(C#Cc2ccc(-c3ccc(N=C=S)c(F)c3)cc2)cc1. The maximum Gasteiger partial charge on any atom is 0.150 e. The minimum atomic E-state index is -0.423. The van der Waals surface area contributed by atoms with Crippen molar-refractivity contribution in [1.29, 1.82) is 0 Å². The number of aliphatic imine (C=N–C) groups is 1. The summed E-state index contributed by atoms with van der Waals surface area (Å²) in [5.41, 5.74) is 4.72. The number of nitrogens with zero attached hydrogens (tertiary/aromatic N) is 1. The van der Waals surface area contributed by atoms with E-state index in [1.54, 1.807) is 6.07 Å². The van der Waals surface area contributed by atoms with E-state index >= 15 is 0 Å². The molecule has 0 unspecified atom stereocenters. The molecule has 0 bridgehead atoms. The Balaban J connectivity index is 1.65. The highest BCUT2D eigenvalue weighted by Crippen LogP contribution is 2.26. The summed E-state index contributed by atoms with van der Waals surface area (Å²) >= 11 is 4.53. The normalized spacial score (nSPS) is 9.61. The van der Waals surface area contributed by atoms with E-state index < -0.39 is 5.82 Å². The quantitative estimate of drug-likeness (QED) is 0.178. The molecule has 0 amide bonds. The summed E-state index contributed by atoms with van der Waals surface area (Å²) in [5.74, 6) is 12.3. The Bertz CT molecular complexity index is 1200. The third kappa shape index (κ3) is 6.77. The van der Waals surface area contributed by atoms with Crippen molar-refractivity contribution in [3.8, 4) is 34.8 Å². The van der Waals surface area contributed by atoms with Gasteiger partial charge in [-0.2, -0.15) is 4.99 Å². The third-order valence-corrected chi connectivity index (χ3v) is 4.80. The van der Waals surface area contributed by atoms with Crippen LogP contribution in [0.1, 0.15) is 49.3 Å². The van der Waals surface area contributed by atoms with Crippen molar-refractivity contribution < 1.29 is 4.39 Å². The minimum Gasteiger partial charge on any atom is -0.205 e. The fourth-order valence-corrected chi connectivity index (χ4v) is 3.08. The van der Waals surface area contributed by atoms with Gasteiger partial charge in [0.25, 0.3) is 0 Å². The molecule has 0 atom stereocenters. The van der Waals surface area contributed by atoms with Crippen molar-refractivity contribution >= 4 is 23.1 Å². The molecule has 0 heterocycles. The van der Waals surface area contributed by atoms with Crippen molar-refractivity contribution in [3.63, 3.8) is 0 Å². The fraction of sp³-hybridized carbons (Fsp3) is 0.179. The van der Waals surface area contributed by atoms with Crippen LogP contribution in [0.25, 0.3) is 11.1 Å². The second kappa shape index (κ2) is 11.6. The number of halogens is 1. The van der Waals surface area contributed by atoms with E-state index in [1.165, 1.54) is 18.9 Å². The summed E-state index contributed by atoms with van der Waals surface area (Å²) in [6.45, 7) is 2.20. The molecule has 0 fully saturated rings. The summed E-state index contributed by atoms with van der Waals surface area (Å²) in [7, 11) is 0. The van der Waals surface area contributed by atoms with Crippen LogP contribution in [0.3, 0.4) is 0 Å². The Morgan fingerprint density at radius 1 is 0.774 bits per heavy atom. The van der Waals surface area contributed by atoms with Gasteiger partial charge in [0.1, 0.15) is 11.5 Å². The molecule has 31 heavy (non-hydrogen) atoms. The van der Waals surface area contributed by atoms with Crippen molar-refractivity contribution in [1.82, 2.24) is 0 Å². The molecule has 152 valence electrons. The lowest BCUT2D eigenvalue weighted by Gasteiger charge is -2.03. The van der Waals surface area contributed by atoms with Gasteiger partial charge in [-0.15, -0.1) is 0 Å². The first-order chi connectivity index (χ1) is 15.2. The lowest BCUT2D eigenvalue weighted by atomic mass is 10.0. The maximum atomic E-state index is 14.0. The smallest absolute Gasteiger partial charge is 0.150 e. The average Bonchev–Trinajstić information content (AvgIpc) is 2.80. The molecule has 3 rings (SSSR count). The molecule has 0 radical (unpaired) electrons. The second-order valence-electron chi connectivity index (χ2n) is 7.03. The van der Waals surface area contributed by atoms with Crippen LogP contribution in [0.5, 0.6) is 0 Å². The first-order valence-electron chi connectivity index (χ1n) is 10.3. The van der Waals surface area contributed by atoms with Crippen molar-refractivity contribution in [3.05, 3.63) is 89.2 Å². The predicted octanol–water partition coefficient (Wildman–Crippen LogP) is 7.56. The summed E-state index contributed by atoms with van der Waals surface area (Å²) < 4.78 is 14.0. The average molecular weight is 424 g/mol. The van der Waals surface area contributed by atoms with Gasteiger partial charge >= 0.3 is 0 Å². The lowest BCUT2D eigenvalue weighted by Crippen LogP contribution is -1.83. The highest BCUT2D eigenvalue weighted by molar-refractivity contribution is 7.78. The van der Waals surface area contributed by atoms with Gasteiger partial charge < -0.3 is 0 Å². The van der Waals surface area contributed by atoms with E-state index in [1.807, 2.05) is 54.6 Å². The first kappa shape index (κ1) is 22.2. The number of unbranched alkanes of at least 4 members (excludes halogenated alkanes) is 3. The zero-order chi connectivity index (χ0) is 21.9. The molecule has 0 aliphatic heterocycles. The van der Waals surface area contributed by atoms with Crippen molar-refractivity contribution in [2.24, 2.45) is 4.99 Å². The van der Waals surface area contributed by atoms with Gasteiger partial charge in [-0.05, 0) is 78.3 Å². The molecule has 0 spiro atoms. The number of isothiocyanates is 1. The molecule has 0 N–H and O–H groups in total. The Kier molecular flexibility index (Phi) is 8.33. The van der Waals surface area contributed by atoms with Crippen LogP contribution in [-0.2, 0) is 0 Å². The number of benzene rings is 3. The summed E-state index contributed by atoms with van der Waals surface area (Å²) in [4.78, 5) is 3.70. The molecule has 3 heteroatoms. The van der Waals surface area contributed by atoms with Gasteiger partial charge in [0.2, 0.25) is 0 Å². The van der Waals surface area contributed by atoms with Crippen LogP contribution < -0.4 is 0 Å². The van der Waals surface area contributed by atoms with E-state index in [-0.39, 0.29) is 5.69 Å². The fourth-order valence-electron chi connectivity index (χ4n) is 2.98. The van der Waals surface area contributed by atoms with Crippen LogP contribution in [0.4, 0.5) is 10.1 Å². The van der Waals surface area contributed by atoms with E-state index in [2.05, 4.69) is 53.0 Å². The lowest BCUT2D eigenvalue weighted by molar-refractivity contribution is 0.630. The van der Waals surface area contributed by atoms with Crippen LogP contribution >= 0.6 is 12.2 Å². The van der Waals surface area contributed by atoms with Gasteiger partial charge in [-0.25, -0.2) is 4.39 Å². The number of hydrogen-bond donors (Lipinski definition) is 0. The molecule has 3 aromatic carbocycles. The highest BCUT2D eigenvalue weighted by Gasteiger charge is 2.04. The Hall–Kier alpha value is -3.49. The zero-order valence-corrected chi connectivity index (χ0v) is 18.2. The largest absolute Gasteiger partial charge is 0.205 e. The minimum absolute atomic E-state index is 0.190. The van der Waals surface area contributed by atoms with Crippen LogP contribution in [0.2, 0.25) is 0 Å².